The lowest BCUT2D eigenvalue weighted by Gasteiger charge is -2.34. The van der Waals surface area contributed by atoms with Crippen LogP contribution in [0.25, 0.3) is 5.57 Å². The van der Waals surface area contributed by atoms with Crippen molar-refractivity contribution in [3.05, 3.63) is 64.8 Å². The highest BCUT2D eigenvalue weighted by molar-refractivity contribution is 6.41. The Labute approximate surface area is 174 Å². The molecule has 0 unspecified atom stereocenters. The number of hydrogen-bond donors (Lipinski definition) is 0. The lowest BCUT2D eigenvalue weighted by molar-refractivity contribution is -0.112. The lowest BCUT2D eigenvalue weighted by atomic mass is 9.93. The van der Waals surface area contributed by atoms with Crippen molar-refractivity contribution in [3.63, 3.8) is 0 Å². The van der Waals surface area contributed by atoms with Crippen LogP contribution in [0, 0.1) is 0 Å². The minimum Gasteiger partial charge on any atom is -0.497 e. The zero-order chi connectivity index (χ0) is 20.5. The van der Waals surface area contributed by atoms with Gasteiger partial charge in [0.25, 0.3) is 11.8 Å². The van der Waals surface area contributed by atoms with E-state index >= 15 is 0 Å². The summed E-state index contributed by atoms with van der Waals surface area (Å²) in [4.78, 5) is 32.2. The highest BCUT2D eigenvalue weighted by Crippen LogP contribution is 2.34. The third-order valence-electron chi connectivity index (χ3n) is 5.32. The Bertz CT molecular complexity index is 979. The molecule has 0 spiro atoms. The van der Waals surface area contributed by atoms with Gasteiger partial charge in [0.05, 0.1) is 23.9 Å². The predicted molar refractivity (Wildman–Crippen MR) is 113 cm³/mol. The van der Waals surface area contributed by atoms with Gasteiger partial charge in [0.1, 0.15) is 5.75 Å². The van der Waals surface area contributed by atoms with Gasteiger partial charge >= 0.3 is 0 Å². The largest absolute Gasteiger partial charge is 0.497 e. The van der Waals surface area contributed by atoms with Crippen molar-refractivity contribution < 1.29 is 14.3 Å². The first-order valence-corrected chi connectivity index (χ1v) is 9.83. The third kappa shape index (κ3) is 3.73. The summed E-state index contributed by atoms with van der Waals surface area (Å²) in [6.07, 6.45) is 1.88. The first-order chi connectivity index (χ1) is 14.0. The van der Waals surface area contributed by atoms with E-state index in [0.29, 0.717) is 33.2 Å². The van der Waals surface area contributed by atoms with Crippen LogP contribution in [0.3, 0.4) is 0 Å². The molecule has 0 atom stereocenters. The molecule has 4 rings (SSSR count). The predicted octanol–water partition coefficient (Wildman–Crippen LogP) is 3.12. The summed E-state index contributed by atoms with van der Waals surface area (Å²) >= 11 is 5.99. The second-order valence-electron chi connectivity index (χ2n) is 7.22. The van der Waals surface area contributed by atoms with Crippen LogP contribution in [0.1, 0.15) is 15.9 Å². The van der Waals surface area contributed by atoms with Crippen LogP contribution in [-0.2, 0) is 4.79 Å². The van der Waals surface area contributed by atoms with Gasteiger partial charge < -0.3 is 14.5 Å². The monoisotopic (exact) mass is 411 g/mol. The summed E-state index contributed by atoms with van der Waals surface area (Å²) in [5.74, 6) is -0.142. The molecule has 1 saturated heterocycles. The summed E-state index contributed by atoms with van der Waals surface area (Å²) in [6, 6.07) is 11.9. The average Bonchev–Trinajstić information content (AvgIpc) is 2.73. The molecule has 2 heterocycles. The molecular weight excluding hydrogens is 390 g/mol. The zero-order valence-corrected chi connectivity index (χ0v) is 17.1. The van der Waals surface area contributed by atoms with Gasteiger partial charge in [-0.15, -0.1) is 0 Å². The van der Waals surface area contributed by atoms with E-state index in [9.17, 15) is 9.59 Å². The summed E-state index contributed by atoms with van der Waals surface area (Å²) in [5.41, 5.74) is 2.06. The van der Waals surface area contributed by atoms with Crippen molar-refractivity contribution in [1.82, 2.24) is 9.80 Å². The number of rotatable bonds is 3. The van der Waals surface area contributed by atoms with Crippen LogP contribution < -0.4 is 9.64 Å². The number of halogens is 1. The fourth-order valence-corrected chi connectivity index (χ4v) is 3.72. The number of nitrogens with zero attached hydrogens (tertiary/aromatic N) is 3. The first-order valence-electron chi connectivity index (χ1n) is 9.45. The van der Waals surface area contributed by atoms with Crippen molar-refractivity contribution in [2.45, 2.75) is 0 Å². The van der Waals surface area contributed by atoms with E-state index in [1.807, 2.05) is 6.20 Å². The molecule has 2 aliphatic rings. The molecule has 6 nitrogen and oxygen atoms in total. The Balaban J connectivity index is 1.81. The first kappa shape index (κ1) is 19.5. The Hall–Kier alpha value is -2.83. The fourth-order valence-electron chi connectivity index (χ4n) is 3.59. The molecule has 29 heavy (non-hydrogen) atoms. The molecule has 0 bridgehead atoms. The number of methoxy groups -OCH3 is 1. The third-order valence-corrected chi connectivity index (χ3v) is 5.57. The SMILES string of the molecule is COc1ccc2c(c1)C(=O)N(c1ccc(Cl)cc1)C(=O)/C2=C/N1CCN(C)CC1. The molecule has 2 aromatic rings. The second kappa shape index (κ2) is 7.89. The van der Waals surface area contributed by atoms with Crippen LogP contribution in [0.5, 0.6) is 5.75 Å². The van der Waals surface area contributed by atoms with Crippen LogP contribution >= 0.6 is 11.6 Å². The molecule has 150 valence electrons. The number of likely N-dealkylation sites (N-methyl/N-ethyl adjacent to an activating group) is 1. The second-order valence-corrected chi connectivity index (χ2v) is 7.65. The molecule has 0 radical (unpaired) electrons. The molecule has 2 aliphatic heterocycles. The highest BCUT2D eigenvalue weighted by atomic mass is 35.5. The summed E-state index contributed by atoms with van der Waals surface area (Å²) in [5, 5.41) is 0.543. The summed E-state index contributed by atoms with van der Waals surface area (Å²) in [7, 11) is 3.64. The number of imide groups is 1. The highest BCUT2D eigenvalue weighted by Gasteiger charge is 2.36. The Morgan fingerprint density at radius 3 is 2.28 bits per heavy atom. The standard InChI is InChI=1S/C22H22ClN3O3/c1-24-9-11-25(12-10-24)14-20-18-8-7-17(29-2)13-19(18)21(27)26(22(20)28)16-5-3-15(23)4-6-16/h3-8,13-14H,9-12H2,1-2H3/b20-14+. The fraction of sp³-hybridized carbons (Fsp3) is 0.273. The van der Waals surface area contributed by atoms with Gasteiger partial charge in [-0.2, -0.15) is 0 Å². The van der Waals surface area contributed by atoms with Gasteiger partial charge in [0, 0.05) is 43.0 Å². The number of hydrogen-bond acceptors (Lipinski definition) is 5. The van der Waals surface area contributed by atoms with E-state index in [2.05, 4.69) is 16.8 Å². The lowest BCUT2D eigenvalue weighted by Crippen LogP contribution is -2.44. The molecule has 1 fully saturated rings. The molecule has 7 heteroatoms. The number of ether oxygens (including phenoxy) is 1. The smallest absolute Gasteiger partial charge is 0.267 e. The van der Waals surface area contributed by atoms with Crippen molar-refractivity contribution >= 4 is 34.7 Å². The zero-order valence-electron chi connectivity index (χ0n) is 16.4. The van der Waals surface area contributed by atoms with Crippen molar-refractivity contribution in [2.24, 2.45) is 0 Å². The molecule has 0 aromatic heterocycles. The molecule has 0 N–H and O–H groups in total. The minimum atomic E-state index is -0.373. The van der Waals surface area contributed by atoms with E-state index in [0.717, 1.165) is 26.2 Å². The van der Waals surface area contributed by atoms with Gasteiger partial charge in [-0.25, -0.2) is 4.90 Å². The van der Waals surface area contributed by atoms with E-state index in [4.69, 9.17) is 16.3 Å². The van der Waals surface area contributed by atoms with E-state index in [1.165, 1.54) is 4.90 Å². The number of benzene rings is 2. The molecule has 2 amide bonds. The van der Waals surface area contributed by atoms with Gasteiger partial charge in [0.15, 0.2) is 0 Å². The van der Waals surface area contributed by atoms with E-state index < -0.39 is 0 Å². The van der Waals surface area contributed by atoms with Crippen LogP contribution in [0.2, 0.25) is 5.02 Å². The maximum atomic E-state index is 13.4. The van der Waals surface area contributed by atoms with E-state index in [-0.39, 0.29) is 11.8 Å². The average molecular weight is 412 g/mol. The molecular formula is C22H22ClN3O3. The Morgan fingerprint density at radius 1 is 0.931 bits per heavy atom. The van der Waals surface area contributed by atoms with E-state index in [1.54, 1.807) is 49.6 Å². The van der Waals surface area contributed by atoms with Crippen molar-refractivity contribution in [2.75, 3.05) is 45.2 Å². The number of anilines is 1. The van der Waals surface area contributed by atoms with Gasteiger partial charge in [0.2, 0.25) is 0 Å². The maximum absolute atomic E-state index is 13.4. The summed E-state index contributed by atoms with van der Waals surface area (Å²) in [6.45, 7) is 3.50. The Kier molecular flexibility index (Phi) is 5.30. The van der Waals surface area contributed by atoms with Crippen molar-refractivity contribution in [1.29, 1.82) is 0 Å². The molecule has 2 aromatic carbocycles. The maximum Gasteiger partial charge on any atom is 0.267 e. The number of carbonyl (C=O) groups excluding carboxylic acids is 2. The number of piperazine rings is 1. The van der Waals surface area contributed by atoms with Gasteiger partial charge in [-0.05, 0) is 49.5 Å². The Morgan fingerprint density at radius 2 is 1.62 bits per heavy atom. The van der Waals surface area contributed by atoms with Gasteiger partial charge in [-0.1, -0.05) is 11.6 Å². The van der Waals surface area contributed by atoms with Crippen molar-refractivity contribution in [3.8, 4) is 5.75 Å². The number of amides is 2. The minimum absolute atomic E-state index is 0.339. The molecule has 0 aliphatic carbocycles. The topological polar surface area (TPSA) is 53.1 Å². The van der Waals surface area contributed by atoms with Crippen LogP contribution in [0.4, 0.5) is 5.69 Å². The van der Waals surface area contributed by atoms with Crippen LogP contribution in [0.15, 0.2) is 48.7 Å². The quantitative estimate of drug-likeness (QED) is 0.573. The van der Waals surface area contributed by atoms with Gasteiger partial charge in [-0.3, -0.25) is 9.59 Å². The summed E-state index contributed by atoms with van der Waals surface area (Å²) < 4.78 is 5.30. The normalized spacial score (nSPS) is 18.9. The number of fused-ring (bicyclic) bond motifs is 1. The van der Waals surface area contributed by atoms with Crippen LogP contribution in [-0.4, -0.2) is 62.0 Å². The number of carbonyl (C=O) groups is 2. The molecule has 0 saturated carbocycles.